The highest BCUT2D eigenvalue weighted by Crippen LogP contribution is 2.14. The molecule has 1 aromatic rings. The first-order valence-electron chi connectivity index (χ1n) is 4.07. The van der Waals surface area contributed by atoms with Crippen molar-refractivity contribution in [1.29, 1.82) is 5.26 Å². The Balaban J connectivity index is 3.00. The van der Waals surface area contributed by atoms with Crippen molar-refractivity contribution in [2.75, 3.05) is 5.32 Å². The van der Waals surface area contributed by atoms with Gasteiger partial charge in [0.25, 0.3) is 0 Å². The van der Waals surface area contributed by atoms with Crippen molar-refractivity contribution < 1.29 is 0 Å². The van der Waals surface area contributed by atoms with Gasteiger partial charge in [0.15, 0.2) is 5.82 Å². The summed E-state index contributed by atoms with van der Waals surface area (Å²) in [5, 5.41) is 19.2. The first-order chi connectivity index (χ1) is 6.59. The predicted octanol–water partition coefficient (Wildman–Crippen LogP) is 1.17. The number of hydrogen-bond acceptors (Lipinski definition) is 4. The third-order valence-corrected chi connectivity index (χ3v) is 1.63. The molecule has 0 atom stereocenters. The molecule has 0 bridgehead atoms. The average molecular weight is 186 g/mol. The Kier molecular flexibility index (Phi) is 2.69. The number of rotatable bonds is 2. The van der Waals surface area contributed by atoms with Crippen LogP contribution >= 0.6 is 0 Å². The quantitative estimate of drug-likeness (QED) is 0.704. The summed E-state index contributed by atoms with van der Waals surface area (Å²) in [5.74, 6) is 2.97. The molecule has 1 N–H and O–H groups in total. The number of nitrogens with zero attached hydrogens (tertiary/aromatic N) is 3. The molecule has 0 aliphatic carbocycles. The molecule has 0 aromatic carbocycles. The molecule has 0 amide bonds. The Morgan fingerprint density at radius 1 is 1.57 bits per heavy atom. The van der Waals surface area contributed by atoms with Crippen LogP contribution in [0.4, 0.5) is 5.82 Å². The number of anilines is 1. The van der Waals surface area contributed by atoms with Crippen molar-refractivity contribution in [3.05, 3.63) is 17.8 Å². The fourth-order valence-corrected chi connectivity index (χ4v) is 0.846. The maximum absolute atomic E-state index is 8.78. The summed E-state index contributed by atoms with van der Waals surface area (Å²) >= 11 is 0. The van der Waals surface area contributed by atoms with E-state index >= 15 is 0 Å². The Bertz CT molecular complexity index is 409. The van der Waals surface area contributed by atoms with E-state index in [0.29, 0.717) is 11.4 Å². The minimum absolute atomic E-state index is 0.415. The van der Waals surface area contributed by atoms with Crippen molar-refractivity contribution >= 4 is 5.82 Å². The van der Waals surface area contributed by atoms with Gasteiger partial charge in [-0.3, -0.25) is 0 Å². The van der Waals surface area contributed by atoms with E-state index in [-0.39, 0.29) is 0 Å². The Morgan fingerprint density at radius 2 is 2.29 bits per heavy atom. The summed E-state index contributed by atoms with van der Waals surface area (Å²) in [5.41, 5.74) is -0.106. The van der Waals surface area contributed by atoms with Crippen LogP contribution in [0, 0.1) is 23.7 Å². The van der Waals surface area contributed by atoms with E-state index in [1.807, 2.05) is 19.9 Å². The maximum atomic E-state index is 8.78. The van der Waals surface area contributed by atoms with Gasteiger partial charge in [0, 0.05) is 0 Å². The zero-order chi connectivity index (χ0) is 10.6. The lowest BCUT2D eigenvalue weighted by atomic mass is 10.1. The monoisotopic (exact) mass is 186 g/mol. The van der Waals surface area contributed by atoms with Crippen LogP contribution in [0.2, 0.25) is 0 Å². The molecule has 0 saturated carbocycles. The number of aromatic nitrogens is 2. The van der Waals surface area contributed by atoms with Crippen LogP contribution < -0.4 is 5.32 Å². The van der Waals surface area contributed by atoms with Crippen LogP contribution in [-0.4, -0.2) is 15.7 Å². The van der Waals surface area contributed by atoms with E-state index < -0.39 is 5.54 Å². The van der Waals surface area contributed by atoms with Gasteiger partial charge in [-0.25, -0.2) is 0 Å². The van der Waals surface area contributed by atoms with Gasteiger partial charge in [0.1, 0.15) is 6.07 Å². The van der Waals surface area contributed by atoms with Gasteiger partial charge in [0.05, 0.1) is 17.3 Å². The summed E-state index contributed by atoms with van der Waals surface area (Å²) < 4.78 is 0. The topological polar surface area (TPSA) is 61.6 Å². The highest BCUT2D eigenvalue weighted by atomic mass is 15.2. The van der Waals surface area contributed by atoms with Gasteiger partial charge in [0.2, 0.25) is 0 Å². The zero-order valence-electron chi connectivity index (χ0n) is 8.07. The second-order valence-electron chi connectivity index (χ2n) is 3.30. The maximum Gasteiger partial charge on any atom is 0.167 e. The standard InChI is InChI=1S/C10H10N4/c1-4-10(2,3)13-9-8(7-11)5-6-12-14-9/h1,5-6H,2-3H3,(H,13,14). The molecule has 1 heterocycles. The van der Waals surface area contributed by atoms with E-state index in [2.05, 4.69) is 21.4 Å². The van der Waals surface area contributed by atoms with Crippen LogP contribution in [0.25, 0.3) is 0 Å². The number of nitrogens with one attached hydrogen (secondary N) is 1. The third kappa shape index (κ3) is 2.21. The largest absolute Gasteiger partial charge is 0.352 e. The fraction of sp³-hybridized carbons (Fsp3) is 0.300. The van der Waals surface area contributed by atoms with Crippen LogP contribution in [0.1, 0.15) is 19.4 Å². The summed E-state index contributed by atoms with van der Waals surface area (Å²) in [6.45, 7) is 3.64. The molecule has 0 aliphatic heterocycles. The van der Waals surface area contributed by atoms with E-state index in [0.717, 1.165) is 0 Å². The van der Waals surface area contributed by atoms with Crippen molar-refractivity contribution in [2.24, 2.45) is 0 Å². The van der Waals surface area contributed by atoms with Crippen molar-refractivity contribution in [2.45, 2.75) is 19.4 Å². The number of nitriles is 1. The molecule has 0 spiro atoms. The van der Waals surface area contributed by atoms with Gasteiger partial charge < -0.3 is 5.32 Å². The highest BCUT2D eigenvalue weighted by molar-refractivity contribution is 5.52. The smallest absolute Gasteiger partial charge is 0.167 e. The molecule has 1 rings (SSSR count). The lowest BCUT2D eigenvalue weighted by Crippen LogP contribution is -2.29. The Morgan fingerprint density at radius 3 is 2.86 bits per heavy atom. The molecule has 0 saturated heterocycles. The molecule has 70 valence electrons. The molecule has 14 heavy (non-hydrogen) atoms. The Labute approximate surface area is 83.0 Å². The second-order valence-corrected chi connectivity index (χ2v) is 3.30. The van der Waals surface area contributed by atoms with Crippen molar-refractivity contribution in [1.82, 2.24) is 10.2 Å². The molecule has 0 unspecified atom stereocenters. The van der Waals surface area contributed by atoms with E-state index in [1.54, 1.807) is 6.07 Å². The third-order valence-electron chi connectivity index (χ3n) is 1.63. The van der Waals surface area contributed by atoms with E-state index in [4.69, 9.17) is 11.7 Å². The minimum Gasteiger partial charge on any atom is -0.352 e. The normalized spacial score (nSPS) is 10.0. The molecule has 0 fully saturated rings. The average Bonchev–Trinajstić information content (AvgIpc) is 2.18. The van der Waals surface area contributed by atoms with Gasteiger partial charge in [-0.15, -0.1) is 11.5 Å². The molecule has 4 nitrogen and oxygen atoms in total. The molecule has 1 aromatic heterocycles. The van der Waals surface area contributed by atoms with E-state index in [9.17, 15) is 0 Å². The summed E-state index contributed by atoms with van der Waals surface area (Å²) in [6, 6.07) is 3.59. The minimum atomic E-state index is -0.540. The SMILES string of the molecule is C#CC(C)(C)Nc1nnccc1C#N. The van der Waals surface area contributed by atoms with Crippen LogP contribution in [0.15, 0.2) is 12.3 Å². The first kappa shape index (κ1) is 10.0. The van der Waals surface area contributed by atoms with Gasteiger partial charge in [-0.05, 0) is 19.9 Å². The summed E-state index contributed by atoms with van der Waals surface area (Å²) in [6.07, 6.45) is 6.77. The Hall–Kier alpha value is -2.07. The van der Waals surface area contributed by atoms with Gasteiger partial charge >= 0.3 is 0 Å². The van der Waals surface area contributed by atoms with Crippen LogP contribution in [-0.2, 0) is 0 Å². The van der Waals surface area contributed by atoms with Gasteiger partial charge in [-0.2, -0.15) is 10.4 Å². The molecule has 0 radical (unpaired) electrons. The molecular weight excluding hydrogens is 176 g/mol. The second kappa shape index (κ2) is 3.76. The lowest BCUT2D eigenvalue weighted by molar-refractivity contribution is 0.730. The molecule has 4 heteroatoms. The summed E-state index contributed by atoms with van der Waals surface area (Å²) in [4.78, 5) is 0. The van der Waals surface area contributed by atoms with Crippen molar-refractivity contribution in [3.63, 3.8) is 0 Å². The predicted molar refractivity (Wildman–Crippen MR) is 53.3 cm³/mol. The molecular formula is C10H10N4. The number of hydrogen-bond donors (Lipinski definition) is 1. The number of terminal acetylenes is 1. The fourth-order valence-electron chi connectivity index (χ4n) is 0.846. The van der Waals surface area contributed by atoms with Crippen LogP contribution in [0.5, 0.6) is 0 Å². The van der Waals surface area contributed by atoms with Gasteiger partial charge in [-0.1, -0.05) is 5.92 Å². The van der Waals surface area contributed by atoms with Crippen molar-refractivity contribution in [3.8, 4) is 18.4 Å². The first-order valence-corrected chi connectivity index (χ1v) is 4.07. The van der Waals surface area contributed by atoms with E-state index in [1.165, 1.54) is 6.20 Å². The van der Waals surface area contributed by atoms with Crippen LogP contribution in [0.3, 0.4) is 0 Å². The summed E-state index contributed by atoms with van der Waals surface area (Å²) in [7, 11) is 0. The lowest BCUT2D eigenvalue weighted by Gasteiger charge is -2.20. The highest BCUT2D eigenvalue weighted by Gasteiger charge is 2.16. The molecule has 0 aliphatic rings. The zero-order valence-corrected chi connectivity index (χ0v) is 8.07.